The predicted octanol–water partition coefficient (Wildman–Crippen LogP) is 0.601. The molecule has 0 aromatic carbocycles. The number of ether oxygens (including phenoxy) is 1. The van der Waals surface area contributed by atoms with Crippen LogP contribution in [-0.2, 0) is 11.8 Å². The Labute approximate surface area is 82.3 Å². The van der Waals surface area contributed by atoms with Crippen molar-refractivity contribution in [1.82, 2.24) is 9.78 Å². The summed E-state index contributed by atoms with van der Waals surface area (Å²) in [6, 6.07) is 0. The third-order valence-corrected chi connectivity index (χ3v) is 1.33. The van der Waals surface area contributed by atoms with E-state index in [0.717, 1.165) is 0 Å². The standard InChI is InChI=1S/C7H11N3O2.ClH/c1-3-12-7(11)6-5(8)4-10(2)9-6;/h4H,3,8H2,1-2H3;1H. The van der Waals surface area contributed by atoms with Gasteiger partial charge in [-0.3, -0.25) is 4.68 Å². The predicted molar refractivity (Wildman–Crippen MR) is 50.8 cm³/mol. The molecule has 5 nitrogen and oxygen atoms in total. The number of hydrogen-bond acceptors (Lipinski definition) is 4. The Morgan fingerprint density at radius 2 is 2.38 bits per heavy atom. The number of aromatic nitrogens is 2. The second kappa shape index (κ2) is 4.71. The van der Waals surface area contributed by atoms with Gasteiger partial charge in [-0.1, -0.05) is 0 Å². The third-order valence-electron chi connectivity index (χ3n) is 1.33. The Morgan fingerprint density at radius 1 is 1.77 bits per heavy atom. The Bertz CT molecular complexity index is 298. The van der Waals surface area contributed by atoms with Crippen LogP contribution in [0.2, 0.25) is 0 Å². The maximum Gasteiger partial charge on any atom is 0.361 e. The Hall–Kier alpha value is -1.23. The molecule has 0 amide bonds. The lowest BCUT2D eigenvalue weighted by Crippen LogP contribution is -2.08. The van der Waals surface area contributed by atoms with Crippen LogP contribution in [0.1, 0.15) is 17.4 Å². The summed E-state index contributed by atoms with van der Waals surface area (Å²) < 4.78 is 6.20. The zero-order chi connectivity index (χ0) is 9.14. The van der Waals surface area contributed by atoms with E-state index >= 15 is 0 Å². The van der Waals surface area contributed by atoms with E-state index in [4.69, 9.17) is 10.5 Å². The van der Waals surface area contributed by atoms with Gasteiger partial charge in [-0.2, -0.15) is 5.10 Å². The molecule has 1 aromatic heterocycles. The van der Waals surface area contributed by atoms with E-state index in [0.29, 0.717) is 12.3 Å². The summed E-state index contributed by atoms with van der Waals surface area (Å²) in [6.07, 6.45) is 1.56. The Balaban J connectivity index is 0.00000144. The van der Waals surface area contributed by atoms with Gasteiger partial charge in [0.1, 0.15) is 0 Å². The van der Waals surface area contributed by atoms with Gasteiger partial charge in [0.05, 0.1) is 12.3 Å². The van der Waals surface area contributed by atoms with E-state index in [2.05, 4.69) is 5.10 Å². The largest absolute Gasteiger partial charge is 0.461 e. The number of carbonyl (C=O) groups is 1. The van der Waals surface area contributed by atoms with Crippen molar-refractivity contribution in [3.05, 3.63) is 11.9 Å². The number of carbonyl (C=O) groups excluding carboxylic acids is 1. The van der Waals surface area contributed by atoms with E-state index in [9.17, 15) is 4.79 Å². The Kier molecular flexibility index (Phi) is 4.27. The van der Waals surface area contributed by atoms with Crippen LogP contribution < -0.4 is 5.73 Å². The molecule has 2 N–H and O–H groups in total. The summed E-state index contributed by atoms with van der Waals surface area (Å²) in [7, 11) is 1.69. The number of aryl methyl sites for hydroxylation is 1. The number of hydrogen-bond donors (Lipinski definition) is 1. The lowest BCUT2D eigenvalue weighted by molar-refractivity contribution is 0.0520. The molecule has 6 heteroatoms. The molecule has 13 heavy (non-hydrogen) atoms. The number of anilines is 1. The molecule has 0 bridgehead atoms. The first kappa shape index (κ1) is 11.8. The Morgan fingerprint density at radius 3 is 2.77 bits per heavy atom. The zero-order valence-corrected chi connectivity index (χ0v) is 8.30. The number of nitrogens with zero attached hydrogens (tertiary/aromatic N) is 2. The monoisotopic (exact) mass is 205 g/mol. The molecule has 0 saturated heterocycles. The smallest absolute Gasteiger partial charge is 0.361 e. The van der Waals surface area contributed by atoms with Gasteiger partial charge in [-0.25, -0.2) is 4.79 Å². The number of rotatable bonds is 2. The van der Waals surface area contributed by atoms with Crippen LogP contribution in [0.15, 0.2) is 6.20 Å². The highest BCUT2D eigenvalue weighted by molar-refractivity contribution is 5.92. The van der Waals surface area contributed by atoms with Crippen LogP contribution in [0.5, 0.6) is 0 Å². The van der Waals surface area contributed by atoms with Crippen molar-refractivity contribution in [2.24, 2.45) is 7.05 Å². The third kappa shape index (κ3) is 2.62. The van der Waals surface area contributed by atoms with Gasteiger partial charge in [0.2, 0.25) is 0 Å². The fourth-order valence-corrected chi connectivity index (χ4v) is 0.865. The fraction of sp³-hybridized carbons (Fsp3) is 0.429. The summed E-state index contributed by atoms with van der Waals surface area (Å²) in [6.45, 7) is 2.06. The number of halogens is 1. The molecule has 0 radical (unpaired) electrons. The van der Waals surface area contributed by atoms with Gasteiger partial charge >= 0.3 is 5.97 Å². The van der Waals surface area contributed by atoms with E-state index in [1.54, 1.807) is 20.2 Å². The van der Waals surface area contributed by atoms with E-state index in [1.165, 1.54) is 4.68 Å². The van der Waals surface area contributed by atoms with E-state index in [1.807, 2.05) is 0 Å². The number of esters is 1. The van der Waals surface area contributed by atoms with Gasteiger partial charge in [-0.05, 0) is 6.92 Å². The highest BCUT2D eigenvalue weighted by Gasteiger charge is 2.14. The molecule has 0 atom stereocenters. The van der Waals surface area contributed by atoms with Gasteiger partial charge in [-0.15, -0.1) is 12.4 Å². The van der Waals surface area contributed by atoms with Crippen molar-refractivity contribution in [2.45, 2.75) is 6.92 Å². The van der Waals surface area contributed by atoms with Crippen LogP contribution in [-0.4, -0.2) is 22.4 Å². The molecule has 0 unspecified atom stereocenters. The summed E-state index contributed by atoms with van der Waals surface area (Å²) in [5.41, 5.74) is 6.01. The van der Waals surface area contributed by atoms with Crippen molar-refractivity contribution in [3.63, 3.8) is 0 Å². The molecular weight excluding hydrogens is 194 g/mol. The second-order valence-electron chi connectivity index (χ2n) is 2.33. The number of nitrogens with two attached hydrogens (primary N) is 1. The van der Waals surface area contributed by atoms with Crippen LogP contribution >= 0.6 is 12.4 Å². The van der Waals surface area contributed by atoms with E-state index < -0.39 is 5.97 Å². The molecule has 0 aliphatic carbocycles. The summed E-state index contributed by atoms with van der Waals surface area (Å²) in [4.78, 5) is 11.1. The SMILES string of the molecule is CCOC(=O)c1nn(C)cc1N.Cl. The van der Waals surface area contributed by atoms with Crippen molar-refractivity contribution in [1.29, 1.82) is 0 Å². The molecule has 0 aliphatic heterocycles. The number of nitrogen functional groups attached to an aromatic ring is 1. The molecule has 0 aliphatic rings. The quantitative estimate of drug-likeness (QED) is 0.718. The first-order valence-corrected chi connectivity index (χ1v) is 3.61. The maximum atomic E-state index is 11.1. The molecule has 0 spiro atoms. The summed E-state index contributed by atoms with van der Waals surface area (Å²) >= 11 is 0. The molecule has 1 aromatic rings. The lowest BCUT2D eigenvalue weighted by Gasteiger charge is -1.97. The van der Waals surface area contributed by atoms with E-state index in [-0.39, 0.29) is 18.1 Å². The average molecular weight is 206 g/mol. The molecule has 1 rings (SSSR count). The molecular formula is C7H12ClN3O2. The molecule has 74 valence electrons. The van der Waals surface area contributed by atoms with Gasteiger partial charge in [0.25, 0.3) is 0 Å². The molecule has 1 heterocycles. The lowest BCUT2D eigenvalue weighted by atomic mass is 10.4. The van der Waals surface area contributed by atoms with Crippen LogP contribution in [0.25, 0.3) is 0 Å². The minimum atomic E-state index is -0.476. The van der Waals surface area contributed by atoms with Crippen molar-refractivity contribution in [2.75, 3.05) is 12.3 Å². The van der Waals surface area contributed by atoms with Crippen LogP contribution in [0.3, 0.4) is 0 Å². The normalized spacial score (nSPS) is 9.08. The molecule has 0 saturated carbocycles. The first-order valence-electron chi connectivity index (χ1n) is 3.61. The van der Waals surface area contributed by atoms with Gasteiger partial charge in [0.15, 0.2) is 5.69 Å². The minimum Gasteiger partial charge on any atom is -0.461 e. The summed E-state index contributed by atoms with van der Waals surface area (Å²) in [5.74, 6) is -0.476. The average Bonchev–Trinajstić information content (AvgIpc) is 2.30. The maximum absolute atomic E-state index is 11.1. The van der Waals surface area contributed by atoms with Crippen molar-refractivity contribution < 1.29 is 9.53 Å². The highest BCUT2D eigenvalue weighted by atomic mass is 35.5. The summed E-state index contributed by atoms with van der Waals surface area (Å²) in [5, 5.41) is 3.85. The highest BCUT2D eigenvalue weighted by Crippen LogP contribution is 2.08. The van der Waals surface area contributed by atoms with Crippen molar-refractivity contribution in [3.8, 4) is 0 Å². The van der Waals surface area contributed by atoms with Gasteiger partial charge < -0.3 is 10.5 Å². The first-order chi connectivity index (χ1) is 5.65. The van der Waals surface area contributed by atoms with Gasteiger partial charge in [0, 0.05) is 13.2 Å². The van der Waals surface area contributed by atoms with Crippen LogP contribution in [0.4, 0.5) is 5.69 Å². The van der Waals surface area contributed by atoms with Crippen LogP contribution in [0, 0.1) is 0 Å². The topological polar surface area (TPSA) is 70.1 Å². The zero-order valence-electron chi connectivity index (χ0n) is 7.48. The minimum absolute atomic E-state index is 0. The second-order valence-corrected chi connectivity index (χ2v) is 2.33. The van der Waals surface area contributed by atoms with Crippen molar-refractivity contribution >= 4 is 24.1 Å². The fourth-order valence-electron chi connectivity index (χ4n) is 0.865. The molecule has 0 fully saturated rings.